The Bertz CT molecular complexity index is 2080. The van der Waals surface area contributed by atoms with Gasteiger partial charge in [0.25, 0.3) is 0 Å². The first-order valence-electron chi connectivity index (χ1n) is 17.4. The molecule has 2 aliphatic rings. The number of ether oxygens (including phenoxy) is 3. The average Bonchev–Trinajstić information content (AvgIpc) is 3.82. The van der Waals surface area contributed by atoms with Crippen molar-refractivity contribution < 1.29 is 76.5 Å². The zero-order valence-electron chi connectivity index (χ0n) is 30.4. The maximum Gasteiger partial charge on any atom is 0.472 e. The number of fused-ring (bicyclic) bond motifs is 1. The van der Waals surface area contributed by atoms with Crippen LogP contribution >= 0.6 is 15.6 Å². The number of carbonyl (C=O) groups is 2. The molecule has 0 aliphatic carbocycles. The van der Waals surface area contributed by atoms with Crippen LogP contribution in [0, 0.1) is 0 Å². The van der Waals surface area contributed by atoms with Crippen LogP contribution in [-0.2, 0) is 46.5 Å². The van der Waals surface area contributed by atoms with Crippen LogP contribution in [0.2, 0.25) is 0 Å². The standard InChI is InChI=1S/C30H43N9O17P2/c1-2-3-7-19(41)36-15(6-4-5-10-40)29(44)55-23-16(53-28(21(23)42)39-14-35-20-25(32)33-13-34-26(20)39)12-52-58(49,50)56-24-17(11-51-57(46,47)48)54-27(22(24)43)38-9-8-18(31)37-30(38)45/h2,8-9,13-17,21-24,27-28,40,42-43H,1,3-7,10-12H2,(H,36,41)(H,49,50)(H2,31,37,45)(H2,32,33,34)(H2,46,47,48)/t15?,16-,17+,21+,22+,23+,24+,27+,28+/m0/s1. The fourth-order valence-electron chi connectivity index (χ4n) is 6.07. The number of unbranched alkanes of at least 4 members (excludes halogenated alkanes) is 1. The third kappa shape index (κ3) is 11.1. The lowest BCUT2D eigenvalue weighted by Crippen LogP contribution is -2.46. The molecule has 0 saturated carbocycles. The molecule has 0 radical (unpaired) electrons. The highest BCUT2D eigenvalue weighted by atomic mass is 31.2. The lowest BCUT2D eigenvalue weighted by molar-refractivity contribution is -0.160. The number of hydrogen-bond acceptors (Lipinski definition) is 20. The van der Waals surface area contributed by atoms with Crippen LogP contribution in [0.1, 0.15) is 44.6 Å². The van der Waals surface area contributed by atoms with Crippen molar-refractivity contribution in [2.24, 2.45) is 0 Å². The Morgan fingerprint density at radius 2 is 1.67 bits per heavy atom. The second-order valence-electron chi connectivity index (χ2n) is 12.9. The van der Waals surface area contributed by atoms with Gasteiger partial charge in [-0.15, -0.1) is 6.58 Å². The Balaban J connectivity index is 1.39. The predicted octanol–water partition coefficient (Wildman–Crippen LogP) is -2.10. The van der Waals surface area contributed by atoms with Gasteiger partial charge in [0.05, 0.1) is 19.5 Å². The van der Waals surface area contributed by atoms with E-state index in [1.54, 1.807) is 0 Å². The van der Waals surface area contributed by atoms with Crippen LogP contribution in [-0.4, -0.2) is 133 Å². The van der Waals surface area contributed by atoms with Gasteiger partial charge in [0.15, 0.2) is 30.0 Å². The van der Waals surface area contributed by atoms with Gasteiger partial charge in [0, 0.05) is 19.2 Å². The number of allylic oxidation sites excluding steroid dienone is 1. The van der Waals surface area contributed by atoms with E-state index in [1.165, 1.54) is 23.0 Å². The molecule has 5 rings (SSSR count). The minimum absolute atomic E-state index is 0.00710. The normalized spacial score (nSPS) is 26.3. The monoisotopic (exact) mass is 863 g/mol. The quantitative estimate of drug-likeness (QED) is 0.0254. The van der Waals surface area contributed by atoms with Gasteiger partial charge in [0.1, 0.15) is 54.2 Å². The SMILES string of the molecule is C=CCCC(=O)NC(CCCCO)C(=O)O[C@H]1[C@@H](O)[C@H](n2cnc3c(N)ncnc32)O[C@H]1COP(=O)(O)O[C@H]1[C@@H](O)[C@H](n2ccc(N)nc2=O)O[C@@H]1COP(=O)(O)O. The maximum absolute atomic E-state index is 13.6. The number of hydrogen-bond donors (Lipinski definition) is 9. The van der Waals surface area contributed by atoms with Crippen LogP contribution in [0.3, 0.4) is 0 Å². The van der Waals surface area contributed by atoms with Gasteiger partial charge >= 0.3 is 27.3 Å². The van der Waals surface area contributed by atoms with Crippen LogP contribution in [0.5, 0.6) is 0 Å². The highest BCUT2D eigenvalue weighted by molar-refractivity contribution is 7.47. The van der Waals surface area contributed by atoms with E-state index >= 15 is 0 Å². The maximum atomic E-state index is 13.6. The van der Waals surface area contributed by atoms with Crippen LogP contribution in [0.4, 0.5) is 11.6 Å². The van der Waals surface area contributed by atoms with Gasteiger partial charge in [-0.25, -0.2) is 33.7 Å². The van der Waals surface area contributed by atoms with Crippen molar-refractivity contribution in [2.45, 2.75) is 87.2 Å². The van der Waals surface area contributed by atoms with Crippen molar-refractivity contribution in [3.8, 4) is 0 Å². The number of nitrogens with zero attached hydrogens (tertiary/aromatic N) is 6. The summed E-state index contributed by atoms with van der Waals surface area (Å²) in [5, 5.41) is 34.5. The summed E-state index contributed by atoms with van der Waals surface area (Å²) in [5.74, 6) is -1.76. The molecular formula is C30H43N9O17P2. The van der Waals surface area contributed by atoms with Gasteiger partial charge in [-0.1, -0.05) is 6.08 Å². The number of aliphatic hydroxyl groups is 3. The van der Waals surface area contributed by atoms with Gasteiger partial charge in [-0.05, 0) is 31.7 Å². The van der Waals surface area contributed by atoms with Crippen molar-refractivity contribution in [3.05, 3.63) is 48.1 Å². The Kier molecular flexibility index (Phi) is 14.8. The second kappa shape index (κ2) is 19.2. The Morgan fingerprint density at radius 1 is 1.00 bits per heavy atom. The molecule has 11 N–H and O–H groups in total. The first-order valence-corrected chi connectivity index (χ1v) is 20.5. The van der Waals surface area contributed by atoms with Crippen molar-refractivity contribution in [3.63, 3.8) is 0 Å². The minimum Gasteiger partial charge on any atom is -0.455 e. The molecule has 26 nitrogen and oxygen atoms in total. The lowest BCUT2D eigenvalue weighted by atomic mass is 10.1. The molecule has 320 valence electrons. The summed E-state index contributed by atoms with van der Waals surface area (Å²) < 4.78 is 59.0. The Morgan fingerprint density at radius 3 is 2.34 bits per heavy atom. The predicted molar refractivity (Wildman–Crippen MR) is 193 cm³/mol. The molecule has 5 heterocycles. The van der Waals surface area contributed by atoms with Gasteiger partial charge in [-0.3, -0.25) is 27.5 Å². The summed E-state index contributed by atoms with van der Waals surface area (Å²) in [5.41, 5.74) is 10.6. The van der Waals surface area contributed by atoms with Crippen molar-refractivity contribution in [1.29, 1.82) is 0 Å². The number of phosphoric ester groups is 2. The zero-order valence-corrected chi connectivity index (χ0v) is 32.1. The third-order valence-corrected chi connectivity index (χ3v) is 10.3. The molecule has 3 aromatic rings. The molecular weight excluding hydrogens is 820 g/mol. The Hall–Kier alpha value is -4.27. The summed E-state index contributed by atoms with van der Waals surface area (Å²) in [6.07, 6.45) is -8.05. The highest BCUT2D eigenvalue weighted by Gasteiger charge is 2.52. The molecule has 2 saturated heterocycles. The molecule has 0 aromatic carbocycles. The topological polar surface area (TPSA) is 388 Å². The lowest BCUT2D eigenvalue weighted by Gasteiger charge is -2.26. The summed E-state index contributed by atoms with van der Waals surface area (Å²) in [7, 11) is -10.6. The average molecular weight is 864 g/mol. The number of phosphoric acid groups is 2. The number of carbonyl (C=O) groups excluding carboxylic acids is 2. The van der Waals surface area contributed by atoms with E-state index in [4.69, 9.17) is 34.7 Å². The van der Waals surface area contributed by atoms with Crippen molar-refractivity contribution in [1.82, 2.24) is 34.4 Å². The summed E-state index contributed by atoms with van der Waals surface area (Å²) >= 11 is 0. The number of nitrogens with two attached hydrogens (primary N) is 2. The van der Waals surface area contributed by atoms with E-state index in [-0.39, 0.29) is 55.1 Å². The highest BCUT2D eigenvalue weighted by Crippen LogP contribution is 2.50. The second-order valence-corrected chi connectivity index (χ2v) is 15.6. The number of aliphatic hydroxyl groups excluding tert-OH is 3. The molecule has 2 fully saturated rings. The van der Waals surface area contributed by atoms with E-state index in [0.29, 0.717) is 6.42 Å². The van der Waals surface area contributed by atoms with Crippen molar-refractivity contribution >= 4 is 50.3 Å². The smallest absolute Gasteiger partial charge is 0.455 e. The number of amides is 1. The molecule has 2 aliphatic heterocycles. The van der Waals surface area contributed by atoms with Crippen LogP contribution < -0.4 is 22.5 Å². The Labute approximate surface area is 327 Å². The number of esters is 1. The number of nitrogen functional groups attached to an aromatic ring is 2. The largest absolute Gasteiger partial charge is 0.472 e. The van der Waals surface area contributed by atoms with E-state index in [1.807, 2.05) is 0 Å². The van der Waals surface area contributed by atoms with Gasteiger partial charge < -0.3 is 61.0 Å². The molecule has 58 heavy (non-hydrogen) atoms. The molecule has 2 unspecified atom stereocenters. The number of anilines is 2. The molecule has 1 amide bonds. The summed E-state index contributed by atoms with van der Waals surface area (Å²) in [6.45, 7) is 1.37. The van der Waals surface area contributed by atoms with Gasteiger partial charge in [-0.2, -0.15) is 4.98 Å². The fraction of sp³-hybridized carbons (Fsp3) is 0.567. The fourth-order valence-corrected chi connectivity index (χ4v) is 7.37. The number of nitrogens with one attached hydrogen (secondary N) is 1. The van der Waals surface area contributed by atoms with E-state index in [0.717, 1.165) is 17.1 Å². The van der Waals surface area contributed by atoms with Crippen LogP contribution in [0.25, 0.3) is 11.2 Å². The summed E-state index contributed by atoms with van der Waals surface area (Å²) in [4.78, 5) is 83.7. The third-order valence-electron chi connectivity index (χ3n) is 8.82. The first-order chi connectivity index (χ1) is 27.4. The first kappa shape index (κ1) is 44.8. The van der Waals surface area contributed by atoms with Crippen LogP contribution in [0.15, 0.2) is 42.4 Å². The molecule has 0 bridgehead atoms. The van der Waals surface area contributed by atoms with Gasteiger partial charge in [0.2, 0.25) is 5.91 Å². The van der Waals surface area contributed by atoms with E-state index in [9.17, 15) is 53.5 Å². The number of rotatable bonds is 20. The zero-order chi connectivity index (χ0) is 42.4. The molecule has 28 heteroatoms. The van der Waals surface area contributed by atoms with Crippen molar-refractivity contribution in [2.75, 3.05) is 31.3 Å². The minimum atomic E-state index is -5.40. The number of imidazole rings is 1. The molecule has 3 aromatic heterocycles. The molecule has 0 spiro atoms. The molecule has 10 atom stereocenters. The summed E-state index contributed by atoms with van der Waals surface area (Å²) in [6, 6.07) is -0.0966. The van der Waals surface area contributed by atoms with E-state index < -0.39 is 102 Å². The number of aromatic nitrogens is 6. The van der Waals surface area contributed by atoms with E-state index in [2.05, 4.69) is 36.4 Å².